The number of carbonyl (C=O) groups excluding carboxylic acids is 2. The fourth-order valence-corrected chi connectivity index (χ4v) is 4.09. The van der Waals surface area contributed by atoms with Crippen molar-refractivity contribution in [2.45, 2.75) is 19.6 Å². The minimum atomic E-state index is -4.66. The quantitative estimate of drug-likeness (QED) is 0.353. The number of primary amides is 1. The highest BCUT2D eigenvalue weighted by molar-refractivity contribution is 9.10. The monoisotopic (exact) mass is 582 g/mol. The third kappa shape index (κ3) is 5.23. The second kappa shape index (κ2) is 9.70. The molecule has 0 saturated heterocycles. The number of aryl methyl sites for hydroxylation is 1. The fraction of sp³-hybridized carbons (Fsp3) is 0.143. The largest absolute Gasteiger partial charge is 0.436 e. The van der Waals surface area contributed by atoms with Crippen molar-refractivity contribution in [3.05, 3.63) is 80.4 Å². The van der Waals surface area contributed by atoms with Crippen molar-refractivity contribution in [1.29, 1.82) is 0 Å². The Morgan fingerprint density at radius 3 is 2.64 bits per heavy atom. The molecule has 2 amide bonds. The summed E-state index contributed by atoms with van der Waals surface area (Å²) in [6.45, 7) is 1.44. The van der Waals surface area contributed by atoms with Gasteiger partial charge in [-0.05, 0) is 42.8 Å². The van der Waals surface area contributed by atoms with Crippen LogP contribution in [0.25, 0.3) is 5.82 Å². The lowest BCUT2D eigenvalue weighted by Crippen LogP contribution is -2.21. The van der Waals surface area contributed by atoms with Crippen molar-refractivity contribution < 1.29 is 22.8 Å². The zero-order chi connectivity index (χ0) is 26.2. The van der Waals surface area contributed by atoms with Gasteiger partial charge in [0.15, 0.2) is 11.5 Å². The Balaban J connectivity index is 1.75. The van der Waals surface area contributed by atoms with Gasteiger partial charge in [0, 0.05) is 10.7 Å². The van der Waals surface area contributed by atoms with Gasteiger partial charge in [-0.2, -0.15) is 18.3 Å². The maximum atomic E-state index is 13.3. The van der Waals surface area contributed by atoms with E-state index in [0.29, 0.717) is 10.0 Å². The summed E-state index contributed by atoms with van der Waals surface area (Å²) in [5.41, 5.74) is 5.23. The molecule has 0 saturated carbocycles. The molecule has 3 heterocycles. The molecular formula is C21H15BrClF3N8O2. The fourth-order valence-electron chi connectivity index (χ4n) is 3.32. The molecule has 186 valence electrons. The highest BCUT2D eigenvalue weighted by Crippen LogP contribution is 2.28. The van der Waals surface area contributed by atoms with E-state index in [2.05, 4.69) is 41.6 Å². The van der Waals surface area contributed by atoms with Gasteiger partial charge in [-0.15, -0.1) is 5.10 Å². The molecular weight excluding hydrogens is 569 g/mol. The molecule has 0 unspecified atom stereocenters. The van der Waals surface area contributed by atoms with Crippen molar-refractivity contribution in [3.8, 4) is 5.82 Å². The number of nitrogens with two attached hydrogens (primary N) is 1. The van der Waals surface area contributed by atoms with Crippen molar-refractivity contribution in [2.24, 2.45) is 5.73 Å². The minimum absolute atomic E-state index is 0.0560. The first-order valence-corrected chi connectivity index (χ1v) is 11.2. The summed E-state index contributed by atoms with van der Waals surface area (Å²) in [4.78, 5) is 29.5. The van der Waals surface area contributed by atoms with E-state index in [0.717, 1.165) is 15.6 Å². The summed E-state index contributed by atoms with van der Waals surface area (Å²) in [6.07, 6.45) is -2.51. The molecule has 0 aliphatic rings. The zero-order valence-corrected chi connectivity index (χ0v) is 20.6. The minimum Gasteiger partial charge on any atom is -0.366 e. The third-order valence-corrected chi connectivity index (χ3v) is 5.64. The molecule has 0 aliphatic carbocycles. The number of amides is 2. The summed E-state index contributed by atoms with van der Waals surface area (Å²) in [5, 5.41) is 13.7. The maximum absolute atomic E-state index is 13.3. The van der Waals surface area contributed by atoms with Gasteiger partial charge in [0.2, 0.25) is 0 Å². The van der Waals surface area contributed by atoms with Crippen LogP contribution in [0.3, 0.4) is 0 Å². The number of aromatic nitrogens is 6. The van der Waals surface area contributed by atoms with E-state index < -0.39 is 23.7 Å². The van der Waals surface area contributed by atoms with E-state index >= 15 is 0 Å². The summed E-state index contributed by atoms with van der Waals surface area (Å²) >= 11 is 9.54. The Labute approximate surface area is 214 Å². The Morgan fingerprint density at radius 2 is 2.00 bits per heavy atom. The number of benzene rings is 1. The highest BCUT2D eigenvalue weighted by atomic mass is 79.9. The molecule has 0 atom stereocenters. The molecule has 4 rings (SSSR count). The van der Waals surface area contributed by atoms with Crippen LogP contribution in [-0.2, 0) is 12.7 Å². The third-order valence-electron chi connectivity index (χ3n) is 4.89. The number of anilines is 1. The number of carbonyl (C=O) groups is 2. The Hall–Kier alpha value is -3.78. The first-order chi connectivity index (χ1) is 16.9. The molecule has 15 heteroatoms. The molecule has 10 nitrogen and oxygen atoms in total. The topological polar surface area (TPSA) is 134 Å². The molecule has 4 aromatic rings. The molecule has 0 aliphatic heterocycles. The summed E-state index contributed by atoms with van der Waals surface area (Å²) in [7, 11) is 0. The standard InChI is InChI=1S/C21H15BrClF3N8O2/c1-10-5-11(22)6-13(18(27)35)17(10)29-20(36)15-7-12(8-33-9-16(30-32-33)21(24,25)26)31-34(15)19-14(23)3-2-4-28-19/h2-7,9H,8H2,1H3,(H2,27,35)(H,29,36). The molecule has 0 spiro atoms. The average Bonchev–Trinajstić information content (AvgIpc) is 3.43. The lowest BCUT2D eigenvalue weighted by molar-refractivity contribution is -0.141. The lowest BCUT2D eigenvalue weighted by atomic mass is 10.1. The number of hydrogen-bond acceptors (Lipinski definition) is 6. The highest BCUT2D eigenvalue weighted by Gasteiger charge is 2.34. The molecule has 36 heavy (non-hydrogen) atoms. The molecule has 3 N–H and O–H groups in total. The number of nitrogens with one attached hydrogen (secondary N) is 1. The molecule has 3 aromatic heterocycles. The lowest BCUT2D eigenvalue weighted by Gasteiger charge is -2.14. The number of alkyl halides is 3. The van der Waals surface area contributed by atoms with Gasteiger partial charge in [-0.1, -0.05) is 32.7 Å². The van der Waals surface area contributed by atoms with Gasteiger partial charge in [0.25, 0.3) is 11.8 Å². The summed E-state index contributed by atoms with van der Waals surface area (Å²) in [6, 6.07) is 7.60. The van der Waals surface area contributed by atoms with Crippen molar-refractivity contribution in [3.63, 3.8) is 0 Å². The first kappa shape index (κ1) is 25.3. The van der Waals surface area contributed by atoms with Gasteiger partial charge < -0.3 is 11.1 Å². The van der Waals surface area contributed by atoms with Crippen molar-refractivity contribution in [2.75, 3.05) is 5.32 Å². The zero-order valence-electron chi connectivity index (χ0n) is 18.2. The van der Waals surface area contributed by atoms with Gasteiger partial charge in [0.05, 0.1) is 34.7 Å². The van der Waals surface area contributed by atoms with E-state index in [1.165, 1.54) is 24.4 Å². The summed E-state index contributed by atoms with van der Waals surface area (Å²) < 4.78 is 41.3. The van der Waals surface area contributed by atoms with Crippen LogP contribution < -0.4 is 11.1 Å². The van der Waals surface area contributed by atoms with Crippen LogP contribution in [0.15, 0.2) is 47.2 Å². The van der Waals surface area contributed by atoms with E-state index in [1.54, 1.807) is 19.1 Å². The van der Waals surface area contributed by atoms with Gasteiger partial charge in [-0.3, -0.25) is 9.59 Å². The van der Waals surface area contributed by atoms with Crippen LogP contribution in [0.5, 0.6) is 0 Å². The SMILES string of the molecule is Cc1cc(Br)cc(C(N)=O)c1NC(=O)c1cc(Cn2cc(C(F)(F)F)nn2)nn1-c1ncccc1Cl. The molecule has 1 aromatic carbocycles. The predicted octanol–water partition coefficient (Wildman–Crippen LogP) is 4.00. The summed E-state index contributed by atoms with van der Waals surface area (Å²) in [5.74, 6) is -1.35. The van der Waals surface area contributed by atoms with Crippen LogP contribution in [0.1, 0.15) is 37.8 Å². The number of hydrogen-bond donors (Lipinski definition) is 2. The van der Waals surface area contributed by atoms with E-state index in [9.17, 15) is 22.8 Å². The van der Waals surface area contributed by atoms with Gasteiger partial charge in [0.1, 0.15) is 5.69 Å². The maximum Gasteiger partial charge on any atom is 0.436 e. The van der Waals surface area contributed by atoms with E-state index in [1.807, 2.05) is 0 Å². The van der Waals surface area contributed by atoms with Crippen molar-refractivity contribution >= 4 is 45.0 Å². The number of nitrogens with zero attached hydrogens (tertiary/aromatic N) is 6. The van der Waals surface area contributed by atoms with Gasteiger partial charge in [-0.25, -0.2) is 14.3 Å². The Morgan fingerprint density at radius 1 is 1.25 bits per heavy atom. The number of pyridine rings is 1. The van der Waals surface area contributed by atoms with Crippen LogP contribution in [0.2, 0.25) is 5.02 Å². The average molecular weight is 584 g/mol. The molecule has 0 fully saturated rings. The Kier molecular flexibility index (Phi) is 6.82. The van der Waals surface area contributed by atoms with Crippen LogP contribution in [-0.4, -0.2) is 41.6 Å². The van der Waals surface area contributed by atoms with E-state index in [4.69, 9.17) is 17.3 Å². The second-order valence-electron chi connectivity index (χ2n) is 7.50. The first-order valence-electron chi connectivity index (χ1n) is 10.0. The predicted molar refractivity (Wildman–Crippen MR) is 126 cm³/mol. The smallest absolute Gasteiger partial charge is 0.366 e. The number of rotatable bonds is 6. The van der Waals surface area contributed by atoms with Crippen LogP contribution >= 0.6 is 27.5 Å². The Bertz CT molecular complexity index is 1480. The van der Waals surface area contributed by atoms with Crippen LogP contribution in [0.4, 0.5) is 18.9 Å². The van der Waals surface area contributed by atoms with Gasteiger partial charge >= 0.3 is 6.18 Å². The second-order valence-corrected chi connectivity index (χ2v) is 8.83. The van der Waals surface area contributed by atoms with E-state index in [-0.39, 0.29) is 40.0 Å². The van der Waals surface area contributed by atoms with Crippen molar-refractivity contribution in [1.82, 2.24) is 29.8 Å². The molecule has 0 radical (unpaired) electrons. The molecule has 0 bridgehead atoms. The van der Waals surface area contributed by atoms with Crippen LogP contribution in [0, 0.1) is 6.92 Å². The number of halogens is 5. The normalized spacial score (nSPS) is 11.5.